The molecule has 18 heavy (non-hydrogen) atoms. The number of hydrogen-bond acceptors (Lipinski definition) is 2. The van der Waals surface area contributed by atoms with Gasteiger partial charge in [0.1, 0.15) is 12.4 Å². The van der Waals surface area contributed by atoms with E-state index in [4.69, 9.17) is 10.5 Å². The van der Waals surface area contributed by atoms with E-state index in [0.717, 1.165) is 31.0 Å². The van der Waals surface area contributed by atoms with Crippen molar-refractivity contribution in [2.24, 2.45) is 11.7 Å². The fourth-order valence-corrected chi connectivity index (χ4v) is 2.47. The zero-order valence-electron chi connectivity index (χ0n) is 10.4. The molecule has 0 heterocycles. The smallest absolute Gasteiger partial charge is 0.165 e. The molecule has 0 aromatic heterocycles. The molecule has 2 nitrogen and oxygen atoms in total. The Morgan fingerprint density at radius 2 is 1.94 bits per heavy atom. The molecule has 0 radical (unpaired) electrons. The topological polar surface area (TPSA) is 35.2 Å². The van der Waals surface area contributed by atoms with Crippen molar-refractivity contribution in [3.05, 3.63) is 29.8 Å². The van der Waals surface area contributed by atoms with Crippen molar-refractivity contribution in [2.75, 3.05) is 6.61 Å². The van der Waals surface area contributed by atoms with Crippen LogP contribution in [0.4, 0.5) is 8.78 Å². The molecule has 1 fully saturated rings. The molecule has 0 amide bonds. The summed E-state index contributed by atoms with van der Waals surface area (Å²) in [6.45, 7) is 0.241. The summed E-state index contributed by atoms with van der Waals surface area (Å²) in [5.74, 6) is -0.665. The monoisotopic (exact) mass is 255 g/mol. The van der Waals surface area contributed by atoms with Crippen molar-refractivity contribution in [3.63, 3.8) is 0 Å². The van der Waals surface area contributed by atoms with Crippen LogP contribution in [0.5, 0.6) is 5.75 Å². The predicted octanol–water partition coefficient (Wildman–Crippen LogP) is 3.25. The molecule has 1 unspecified atom stereocenters. The van der Waals surface area contributed by atoms with Crippen molar-refractivity contribution in [2.45, 2.75) is 38.1 Å². The van der Waals surface area contributed by atoms with Gasteiger partial charge in [-0.05, 0) is 30.9 Å². The minimum atomic E-state index is -0.549. The van der Waals surface area contributed by atoms with Gasteiger partial charge >= 0.3 is 0 Å². The van der Waals surface area contributed by atoms with E-state index in [1.807, 2.05) is 0 Å². The van der Waals surface area contributed by atoms with Crippen LogP contribution in [-0.2, 0) is 0 Å². The molecule has 100 valence electrons. The van der Waals surface area contributed by atoms with Gasteiger partial charge in [-0.3, -0.25) is 0 Å². The summed E-state index contributed by atoms with van der Waals surface area (Å²) in [6.07, 6.45) is 5.88. The summed E-state index contributed by atoms with van der Waals surface area (Å²) in [4.78, 5) is 0. The van der Waals surface area contributed by atoms with Crippen LogP contribution >= 0.6 is 0 Å². The van der Waals surface area contributed by atoms with Gasteiger partial charge in [-0.15, -0.1) is 0 Å². The molecule has 1 aliphatic rings. The van der Waals surface area contributed by atoms with Gasteiger partial charge in [0.2, 0.25) is 0 Å². The molecular formula is C14H19F2NO. The van der Waals surface area contributed by atoms with E-state index in [2.05, 4.69) is 0 Å². The molecule has 2 N–H and O–H groups in total. The second-order valence-corrected chi connectivity index (χ2v) is 4.95. The number of hydrogen-bond donors (Lipinski definition) is 1. The van der Waals surface area contributed by atoms with Crippen LogP contribution in [0.2, 0.25) is 0 Å². The Labute approximate surface area is 106 Å². The zero-order chi connectivity index (χ0) is 13.0. The predicted molar refractivity (Wildman–Crippen MR) is 66.4 cm³/mol. The van der Waals surface area contributed by atoms with E-state index in [9.17, 15) is 8.78 Å². The third-order valence-electron chi connectivity index (χ3n) is 3.58. The number of nitrogens with two attached hydrogens (primary N) is 1. The molecule has 0 saturated heterocycles. The third kappa shape index (κ3) is 3.42. The largest absolute Gasteiger partial charge is 0.489 e. The number of benzene rings is 1. The van der Waals surface area contributed by atoms with Gasteiger partial charge in [0.05, 0.1) is 0 Å². The zero-order valence-corrected chi connectivity index (χ0v) is 10.4. The molecular weight excluding hydrogens is 236 g/mol. The Balaban J connectivity index is 1.88. The first-order valence-electron chi connectivity index (χ1n) is 6.50. The highest BCUT2D eigenvalue weighted by molar-refractivity contribution is 5.24. The van der Waals surface area contributed by atoms with Crippen molar-refractivity contribution < 1.29 is 13.5 Å². The van der Waals surface area contributed by atoms with Crippen molar-refractivity contribution in [3.8, 4) is 5.75 Å². The third-order valence-corrected chi connectivity index (χ3v) is 3.58. The normalized spacial score (nSPS) is 18.6. The standard InChI is InChI=1S/C14H19F2NO/c15-11-6-7-12(16)14(8-11)18-9-13(17)10-4-2-1-3-5-10/h6-8,10,13H,1-5,9,17H2. The first-order chi connectivity index (χ1) is 8.66. The van der Waals surface area contributed by atoms with Gasteiger partial charge in [0.25, 0.3) is 0 Å². The van der Waals surface area contributed by atoms with Gasteiger partial charge in [-0.2, -0.15) is 0 Å². The SMILES string of the molecule is NC(COc1cc(F)ccc1F)C1CCCCC1. The molecule has 1 aromatic rings. The lowest BCUT2D eigenvalue weighted by Gasteiger charge is -2.27. The summed E-state index contributed by atoms with van der Waals surface area (Å²) in [5, 5.41) is 0. The van der Waals surface area contributed by atoms with Gasteiger partial charge in [0.15, 0.2) is 11.6 Å². The summed E-state index contributed by atoms with van der Waals surface area (Å²) < 4.78 is 31.6. The average Bonchev–Trinajstić information content (AvgIpc) is 2.40. The van der Waals surface area contributed by atoms with Crippen molar-refractivity contribution in [1.82, 2.24) is 0 Å². The minimum Gasteiger partial charge on any atom is -0.489 e. The lowest BCUT2D eigenvalue weighted by atomic mass is 9.84. The second kappa shape index (κ2) is 6.14. The van der Waals surface area contributed by atoms with Crippen molar-refractivity contribution in [1.29, 1.82) is 0 Å². The summed E-state index contributed by atoms with van der Waals surface area (Å²) in [5.41, 5.74) is 6.04. The maximum absolute atomic E-state index is 13.3. The summed E-state index contributed by atoms with van der Waals surface area (Å²) in [7, 11) is 0. The van der Waals surface area contributed by atoms with E-state index in [1.165, 1.54) is 19.3 Å². The molecule has 1 aromatic carbocycles. The molecule has 1 aliphatic carbocycles. The number of ether oxygens (including phenoxy) is 1. The Bertz CT molecular complexity index is 391. The second-order valence-electron chi connectivity index (χ2n) is 4.95. The molecule has 1 saturated carbocycles. The van der Waals surface area contributed by atoms with Crippen LogP contribution in [0.25, 0.3) is 0 Å². The highest BCUT2D eigenvalue weighted by Crippen LogP contribution is 2.26. The lowest BCUT2D eigenvalue weighted by molar-refractivity contribution is 0.208. The van der Waals surface area contributed by atoms with Crippen LogP contribution in [0.1, 0.15) is 32.1 Å². The molecule has 0 aliphatic heterocycles. The summed E-state index contributed by atoms with van der Waals surface area (Å²) in [6, 6.07) is 3.09. The highest BCUT2D eigenvalue weighted by atomic mass is 19.1. The quantitative estimate of drug-likeness (QED) is 0.896. The first-order valence-corrected chi connectivity index (χ1v) is 6.50. The molecule has 0 bridgehead atoms. The Morgan fingerprint density at radius 1 is 1.22 bits per heavy atom. The Hall–Kier alpha value is -1.16. The fraction of sp³-hybridized carbons (Fsp3) is 0.571. The fourth-order valence-electron chi connectivity index (χ4n) is 2.47. The molecule has 4 heteroatoms. The maximum atomic E-state index is 13.3. The van der Waals surface area contributed by atoms with Gasteiger partial charge in [0, 0.05) is 12.1 Å². The molecule has 1 atom stereocenters. The highest BCUT2D eigenvalue weighted by Gasteiger charge is 2.21. The van der Waals surface area contributed by atoms with Crippen LogP contribution < -0.4 is 10.5 Å². The van der Waals surface area contributed by atoms with Gasteiger partial charge in [-0.1, -0.05) is 19.3 Å². The number of rotatable bonds is 4. The van der Waals surface area contributed by atoms with E-state index < -0.39 is 11.6 Å². The van der Waals surface area contributed by atoms with E-state index in [1.54, 1.807) is 0 Å². The van der Waals surface area contributed by atoms with E-state index in [0.29, 0.717) is 5.92 Å². The van der Waals surface area contributed by atoms with E-state index in [-0.39, 0.29) is 18.4 Å². The lowest BCUT2D eigenvalue weighted by Crippen LogP contribution is -2.37. The number of halogens is 2. The van der Waals surface area contributed by atoms with Crippen LogP contribution in [0, 0.1) is 17.6 Å². The van der Waals surface area contributed by atoms with E-state index >= 15 is 0 Å². The summed E-state index contributed by atoms with van der Waals surface area (Å²) >= 11 is 0. The minimum absolute atomic E-state index is 0.0544. The van der Waals surface area contributed by atoms with Gasteiger partial charge in [-0.25, -0.2) is 8.78 Å². The first kappa shape index (κ1) is 13.3. The maximum Gasteiger partial charge on any atom is 0.165 e. The van der Waals surface area contributed by atoms with Gasteiger partial charge < -0.3 is 10.5 Å². The van der Waals surface area contributed by atoms with Crippen LogP contribution in [0.3, 0.4) is 0 Å². The van der Waals surface area contributed by atoms with Crippen molar-refractivity contribution >= 4 is 0 Å². The Kier molecular flexibility index (Phi) is 4.53. The molecule has 0 spiro atoms. The average molecular weight is 255 g/mol. The van der Waals surface area contributed by atoms with Crippen LogP contribution in [0.15, 0.2) is 18.2 Å². The molecule has 2 rings (SSSR count). The van der Waals surface area contributed by atoms with Crippen LogP contribution in [-0.4, -0.2) is 12.6 Å². The Morgan fingerprint density at radius 3 is 2.67 bits per heavy atom.